The molecule has 0 saturated carbocycles. The number of ether oxygens (including phenoxy) is 2. The number of carbonyl (C=O) groups excluding carboxylic acids is 2. The summed E-state index contributed by atoms with van der Waals surface area (Å²) in [6, 6.07) is 8.04. The fraction of sp³-hybridized carbons (Fsp3) is 0.350. The van der Waals surface area contributed by atoms with Crippen molar-refractivity contribution in [1.29, 1.82) is 0 Å². The summed E-state index contributed by atoms with van der Waals surface area (Å²) in [5.74, 6) is 0.844. The maximum atomic E-state index is 12.6. The lowest BCUT2D eigenvalue weighted by Gasteiger charge is -2.20. The van der Waals surface area contributed by atoms with Gasteiger partial charge in [0.25, 0.3) is 5.91 Å². The normalized spacial score (nSPS) is 13.3. The first-order chi connectivity index (χ1) is 13.0. The molecule has 0 unspecified atom stereocenters. The molecular formula is C20H23N3O4. The second-order valence-electron chi connectivity index (χ2n) is 6.80. The molecule has 3 rings (SSSR count). The van der Waals surface area contributed by atoms with Crippen LogP contribution in [0.4, 0.5) is 0 Å². The Morgan fingerprint density at radius 3 is 2.74 bits per heavy atom. The van der Waals surface area contributed by atoms with E-state index in [1.165, 1.54) is 0 Å². The van der Waals surface area contributed by atoms with Crippen LogP contribution in [0.3, 0.4) is 0 Å². The molecule has 1 atom stereocenters. The quantitative estimate of drug-likeness (QED) is 0.781. The molecule has 0 spiro atoms. The van der Waals surface area contributed by atoms with Gasteiger partial charge in [-0.15, -0.1) is 0 Å². The highest BCUT2D eigenvalue weighted by molar-refractivity contribution is 5.98. The smallest absolute Gasteiger partial charge is 0.252 e. The number of amides is 2. The third-order valence-corrected chi connectivity index (χ3v) is 4.15. The van der Waals surface area contributed by atoms with Gasteiger partial charge in [0.05, 0.1) is 0 Å². The zero-order chi connectivity index (χ0) is 19.2. The molecular weight excluding hydrogens is 346 g/mol. The predicted molar refractivity (Wildman–Crippen MR) is 99.4 cm³/mol. The summed E-state index contributed by atoms with van der Waals surface area (Å²) in [4.78, 5) is 29.3. The van der Waals surface area contributed by atoms with Gasteiger partial charge in [-0.25, -0.2) is 0 Å². The Morgan fingerprint density at radius 1 is 1.19 bits per heavy atom. The zero-order valence-electron chi connectivity index (χ0n) is 15.4. The van der Waals surface area contributed by atoms with Gasteiger partial charge in [-0.05, 0) is 42.2 Å². The third-order valence-electron chi connectivity index (χ3n) is 4.15. The molecule has 2 amide bonds. The number of hydrogen-bond donors (Lipinski definition) is 2. The van der Waals surface area contributed by atoms with Crippen molar-refractivity contribution in [2.75, 3.05) is 6.79 Å². The Balaban J connectivity index is 1.65. The number of nitrogens with one attached hydrogen (secondary N) is 2. The van der Waals surface area contributed by atoms with E-state index in [4.69, 9.17) is 9.47 Å². The highest BCUT2D eigenvalue weighted by Crippen LogP contribution is 2.32. The van der Waals surface area contributed by atoms with Crippen molar-refractivity contribution >= 4 is 11.8 Å². The SMILES string of the molecule is CC(C)C[C@@H](NC(=O)c1ccc2c(c1)OCO2)C(=O)NCc1cccnc1. The molecule has 1 aliphatic heterocycles. The number of pyridine rings is 1. The average molecular weight is 369 g/mol. The summed E-state index contributed by atoms with van der Waals surface area (Å²) in [5.41, 5.74) is 1.32. The maximum Gasteiger partial charge on any atom is 0.252 e. The van der Waals surface area contributed by atoms with Crippen LogP contribution >= 0.6 is 0 Å². The van der Waals surface area contributed by atoms with Gasteiger partial charge in [0, 0.05) is 24.5 Å². The lowest BCUT2D eigenvalue weighted by Crippen LogP contribution is -2.47. The van der Waals surface area contributed by atoms with Gasteiger partial charge in [0.2, 0.25) is 12.7 Å². The molecule has 2 N–H and O–H groups in total. The number of carbonyl (C=O) groups is 2. The van der Waals surface area contributed by atoms with Gasteiger partial charge in [-0.3, -0.25) is 14.6 Å². The van der Waals surface area contributed by atoms with Crippen LogP contribution in [0, 0.1) is 5.92 Å². The van der Waals surface area contributed by atoms with E-state index in [0.717, 1.165) is 5.56 Å². The standard InChI is InChI=1S/C20H23N3O4/c1-13(2)8-16(20(25)22-11-14-4-3-7-21-10-14)23-19(24)15-5-6-17-18(9-15)27-12-26-17/h3-7,9-10,13,16H,8,11-12H2,1-2H3,(H,22,25)(H,23,24)/t16-/m1/s1. The second kappa shape index (κ2) is 8.53. The van der Waals surface area contributed by atoms with Crippen molar-refractivity contribution in [3.63, 3.8) is 0 Å². The van der Waals surface area contributed by atoms with Crippen LogP contribution < -0.4 is 20.1 Å². The molecule has 1 aliphatic rings. The fourth-order valence-electron chi connectivity index (χ4n) is 2.80. The molecule has 1 aromatic heterocycles. The molecule has 142 valence electrons. The monoisotopic (exact) mass is 369 g/mol. The van der Waals surface area contributed by atoms with Gasteiger partial charge < -0.3 is 20.1 Å². The Labute approximate surface area is 158 Å². The summed E-state index contributed by atoms with van der Waals surface area (Å²) in [5, 5.41) is 5.69. The first kappa shape index (κ1) is 18.7. The van der Waals surface area contributed by atoms with Gasteiger partial charge >= 0.3 is 0 Å². The first-order valence-electron chi connectivity index (χ1n) is 8.90. The van der Waals surface area contributed by atoms with E-state index in [1.807, 2.05) is 26.0 Å². The third kappa shape index (κ3) is 4.97. The van der Waals surface area contributed by atoms with Gasteiger partial charge in [0.1, 0.15) is 6.04 Å². The van der Waals surface area contributed by atoms with E-state index in [2.05, 4.69) is 15.6 Å². The lowest BCUT2D eigenvalue weighted by atomic mass is 10.0. The number of nitrogens with zero attached hydrogens (tertiary/aromatic N) is 1. The summed E-state index contributed by atoms with van der Waals surface area (Å²) in [7, 11) is 0. The van der Waals surface area contributed by atoms with Crippen molar-refractivity contribution in [2.24, 2.45) is 5.92 Å². The Morgan fingerprint density at radius 2 is 2.00 bits per heavy atom. The first-order valence-corrected chi connectivity index (χ1v) is 8.90. The topological polar surface area (TPSA) is 89.5 Å². The average Bonchev–Trinajstić information content (AvgIpc) is 3.13. The van der Waals surface area contributed by atoms with Crippen LogP contribution in [0.1, 0.15) is 36.2 Å². The molecule has 27 heavy (non-hydrogen) atoms. The summed E-state index contributed by atoms with van der Waals surface area (Å²) in [6.45, 7) is 4.52. The molecule has 7 heteroatoms. The molecule has 2 heterocycles. The van der Waals surface area contributed by atoms with E-state index in [9.17, 15) is 9.59 Å². The number of hydrogen-bond acceptors (Lipinski definition) is 5. The molecule has 7 nitrogen and oxygen atoms in total. The number of fused-ring (bicyclic) bond motifs is 1. The minimum Gasteiger partial charge on any atom is -0.454 e. The van der Waals surface area contributed by atoms with Crippen LogP contribution in [0.15, 0.2) is 42.7 Å². The zero-order valence-corrected chi connectivity index (χ0v) is 15.4. The number of rotatable bonds is 7. The molecule has 0 aliphatic carbocycles. The van der Waals surface area contributed by atoms with Crippen molar-refractivity contribution in [2.45, 2.75) is 32.9 Å². The van der Waals surface area contributed by atoms with Crippen LogP contribution in [0.5, 0.6) is 11.5 Å². The molecule has 2 aromatic rings. The number of benzene rings is 1. The minimum absolute atomic E-state index is 0.146. The lowest BCUT2D eigenvalue weighted by molar-refractivity contribution is -0.123. The molecule has 0 fully saturated rings. The van der Waals surface area contributed by atoms with Crippen molar-refractivity contribution < 1.29 is 19.1 Å². The van der Waals surface area contributed by atoms with E-state index in [0.29, 0.717) is 30.0 Å². The van der Waals surface area contributed by atoms with Crippen molar-refractivity contribution in [3.05, 3.63) is 53.9 Å². The van der Waals surface area contributed by atoms with Gasteiger partial charge in [-0.1, -0.05) is 19.9 Å². The highest BCUT2D eigenvalue weighted by Gasteiger charge is 2.23. The molecule has 0 bridgehead atoms. The molecule has 0 radical (unpaired) electrons. The van der Waals surface area contributed by atoms with Crippen LogP contribution in [0.2, 0.25) is 0 Å². The van der Waals surface area contributed by atoms with Crippen LogP contribution in [0.25, 0.3) is 0 Å². The molecule has 0 saturated heterocycles. The Bertz CT molecular complexity index is 808. The minimum atomic E-state index is -0.625. The van der Waals surface area contributed by atoms with Gasteiger partial charge in [0.15, 0.2) is 11.5 Å². The maximum absolute atomic E-state index is 12.6. The van der Waals surface area contributed by atoms with Crippen LogP contribution in [-0.4, -0.2) is 29.6 Å². The van der Waals surface area contributed by atoms with Crippen molar-refractivity contribution in [3.8, 4) is 11.5 Å². The van der Waals surface area contributed by atoms with Gasteiger partial charge in [-0.2, -0.15) is 0 Å². The summed E-state index contributed by atoms with van der Waals surface area (Å²) < 4.78 is 10.6. The van der Waals surface area contributed by atoms with Crippen molar-refractivity contribution in [1.82, 2.24) is 15.6 Å². The summed E-state index contributed by atoms with van der Waals surface area (Å²) >= 11 is 0. The number of aromatic nitrogens is 1. The second-order valence-corrected chi connectivity index (χ2v) is 6.80. The largest absolute Gasteiger partial charge is 0.454 e. The predicted octanol–water partition coefficient (Wildman–Crippen LogP) is 2.27. The Kier molecular flexibility index (Phi) is 5.90. The summed E-state index contributed by atoms with van der Waals surface area (Å²) in [6.07, 6.45) is 3.91. The van der Waals surface area contributed by atoms with Crippen LogP contribution in [-0.2, 0) is 11.3 Å². The van der Waals surface area contributed by atoms with E-state index in [-0.39, 0.29) is 24.5 Å². The van der Waals surface area contributed by atoms with E-state index >= 15 is 0 Å². The Hall–Kier alpha value is -3.09. The fourth-order valence-corrected chi connectivity index (χ4v) is 2.80. The van der Waals surface area contributed by atoms with E-state index in [1.54, 1.807) is 30.6 Å². The highest BCUT2D eigenvalue weighted by atomic mass is 16.7. The van der Waals surface area contributed by atoms with E-state index < -0.39 is 6.04 Å². The molecule has 1 aromatic carbocycles.